The van der Waals surface area contributed by atoms with Gasteiger partial charge in [-0.3, -0.25) is 4.98 Å². The first-order chi connectivity index (χ1) is 8.20. The van der Waals surface area contributed by atoms with Crippen LogP contribution in [0.3, 0.4) is 0 Å². The van der Waals surface area contributed by atoms with Crippen molar-refractivity contribution in [1.29, 1.82) is 0 Å². The molecule has 1 aromatic heterocycles. The van der Waals surface area contributed by atoms with E-state index in [1.807, 2.05) is 25.1 Å². The van der Waals surface area contributed by atoms with Gasteiger partial charge in [-0.1, -0.05) is 15.9 Å². The predicted octanol–water partition coefficient (Wildman–Crippen LogP) is 3.44. The van der Waals surface area contributed by atoms with Crippen molar-refractivity contribution in [3.05, 3.63) is 52.3 Å². The number of halogens is 1. The molecule has 1 aromatic carbocycles. The molecule has 0 bridgehead atoms. The third kappa shape index (κ3) is 2.84. The van der Waals surface area contributed by atoms with Crippen LogP contribution in [0.25, 0.3) is 0 Å². The Balaban J connectivity index is 2.31. The summed E-state index contributed by atoms with van der Waals surface area (Å²) in [5.74, 6) is 1.40. The number of nitrogens with zero attached hydrogens (tertiary/aromatic N) is 1. The number of pyridine rings is 1. The van der Waals surface area contributed by atoms with E-state index in [1.54, 1.807) is 18.5 Å². The summed E-state index contributed by atoms with van der Waals surface area (Å²) < 4.78 is 6.78. The number of hydrogen-bond donors (Lipinski definition) is 1. The summed E-state index contributed by atoms with van der Waals surface area (Å²) in [4.78, 5) is 3.95. The maximum absolute atomic E-state index is 9.18. The van der Waals surface area contributed by atoms with E-state index in [1.165, 1.54) is 0 Å². The summed E-state index contributed by atoms with van der Waals surface area (Å²) in [5, 5.41) is 9.18. The van der Waals surface area contributed by atoms with Gasteiger partial charge in [-0.05, 0) is 36.8 Å². The molecule has 0 saturated carbocycles. The minimum atomic E-state index is -0.0846. The average molecular weight is 294 g/mol. The number of aliphatic hydroxyl groups is 1. The van der Waals surface area contributed by atoms with Crippen LogP contribution < -0.4 is 4.74 Å². The monoisotopic (exact) mass is 293 g/mol. The van der Waals surface area contributed by atoms with Crippen LogP contribution in [0.4, 0.5) is 0 Å². The Kier molecular flexibility index (Phi) is 3.76. The van der Waals surface area contributed by atoms with Crippen molar-refractivity contribution >= 4 is 15.9 Å². The number of rotatable bonds is 3. The summed E-state index contributed by atoms with van der Waals surface area (Å²) in [6.45, 7) is 1.89. The molecular formula is C13H12BrNO2. The zero-order valence-electron chi connectivity index (χ0n) is 9.35. The summed E-state index contributed by atoms with van der Waals surface area (Å²) in [7, 11) is 0. The second-order valence-electron chi connectivity index (χ2n) is 3.65. The van der Waals surface area contributed by atoms with Crippen LogP contribution in [0.15, 0.2) is 41.1 Å². The maximum Gasteiger partial charge on any atom is 0.136 e. The number of aryl methyl sites for hydroxylation is 1. The van der Waals surface area contributed by atoms with Gasteiger partial charge in [-0.2, -0.15) is 0 Å². The molecule has 0 amide bonds. The number of aliphatic hydroxyl groups excluding tert-OH is 1. The molecule has 3 nitrogen and oxygen atoms in total. The predicted molar refractivity (Wildman–Crippen MR) is 69.1 cm³/mol. The van der Waals surface area contributed by atoms with Gasteiger partial charge in [0.15, 0.2) is 0 Å². The fourth-order valence-corrected chi connectivity index (χ4v) is 1.95. The first-order valence-electron chi connectivity index (χ1n) is 5.18. The van der Waals surface area contributed by atoms with E-state index in [2.05, 4.69) is 20.9 Å². The molecule has 88 valence electrons. The van der Waals surface area contributed by atoms with Crippen LogP contribution in [0, 0.1) is 6.92 Å². The molecule has 0 unspecified atom stereocenters. The van der Waals surface area contributed by atoms with Crippen molar-refractivity contribution in [1.82, 2.24) is 4.98 Å². The van der Waals surface area contributed by atoms with Crippen LogP contribution in [-0.4, -0.2) is 10.1 Å². The van der Waals surface area contributed by atoms with E-state index >= 15 is 0 Å². The van der Waals surface area contributed by atoms with E-state index in [0.717, 1.165) is 15.8 Å². The molecule has 0 aliphatic carbocycles. The number of ether oxygens (including phenoxy) is 1. The SMILES string of the molecule is Cc1cc(Br)ccc1Oc1ccncc1CO. The normalized spacial score (nSPS) is 10.3. The highest BCUT2D eigenvalue weighted by molar-refractivity contribution is 9.10. The second-order valence-corrected chi connectivity index (χ2v) is 4.57. The summed E-state index contributed by atoms with van der Waals surface area (Å²) in [6, 6.07) is 7.53. The van der Waals surface area contributed by atoms with E-state index in [0.29, 0.717) is 11.3 Å². The molecule has 0 spiro atoms. The zero-order valence-corrected chi connectivity index (χ0v) is 10.9. The van der Waals surface area contributed by atoms with Crippen LogP contribution in [-0.2, 0) is 6.61 Å². The lowest BCUT2D eigenvalue weighted by Crippen LogP contribution is -1.94. The Morgan fingerprint density at radius 3 is 2.82 bits per heavy atom. The van der Waals surface area contributed by atoms with Gasteiger partial charge < -0.3 is 9.84 Å². The van der Waals surface area contributed by atoms with Crippen molar-refractivity contribution in [2.75, 3.05) is 0 Å². The lowest BCUT2D eigenvalue weighted by Gasteiger charge is -2.11. The minimum Gasteiger partial charge on any atom is -0.457 e. The number of benzene rings is 1. The van der Waals surface area contributed by atoms with Gasteiger partial charge in [0.25, 0.3) is 0 Å². The first kappa shape index (κ1) is 12.1. The van der Waals surface area contributed by atoms with Gasteiger partial charge in [0, 0.05) is 22.4 Å². The van der Waals surface area contributed by atoms with Gasteiger partial charge in [-0.15, -0.1) is 0 Å². The topological polar surface area (TPSA) is 42.4 Å². The number of aromatic nitrogens is 1. The summed E-state index contributed by atoms with van der Waals surface area (Å²) >= 11 is 3.40. The molecule has 0 saturated heterocycles. The van der Waals surface area contributed by atoms with Crippen molar-refractivity contribution in [3.63, 3.8) is 0 Å². The van der Waals surface area contributed by atoms with Crippen molar-refractivity contribution < 1.29 is 9.84 Å². The lowest BCUT2D eigenvalue weighted by molar-refractivity contribution is 0.276. The van der Waals surface area contributed by atoms with Crippen LogP contribution in [0.5, 0.6) is 11.5 Å². The molecule has 1 N–H and O–H groups in total. The molecule has 0 radical (unpaired) electrons. The van der Waals surface area contributed by atoms with E-state index in [9.17, 15) is 5.11 Å². The van der Waals surface area contributed by atoms with Crippen molar-refractivity contribution in [3.8, 4) is 11.5 Å². The smallest absolute Gasteiger partial charge is 0.136 e. The highest BCUT2D eigenvalue weighted by Gasteiger charge is 2.06. The molecule has 17 heavy (non-hydrogen) atoms. The molecule has 0 aliphatic rings. The first-order valence-corrected chi connectivity index (χ1v) is 5.98. The Bertz CT molecular complexity index is 529. The van der Waals surface area contributed by atoms with Gasteiger partial charge in [0.05, 0.1) is 6.61 Å². The molecule has 0 fully saturated rings. The fourth-order valence-electron chi connectivity index (χ4n) is 1.48. The van der Waals surface area contributed by atoms with Crippen LogP contribution >= 0.6 is 15.9 Å². The molecule has 1 heterocycles. The quantitative estimate of drug-likeness (QED) is 0.943. The molecule has 0 aliphatic heterocycles. The van der Waals surface area contributed by atoms with Crippen LogP contribution in [0.2, 0.25) is 0 Å². The van der Waals surface area contributed by atoms with Crippen molar-refractivity contribution in [2.24, 2.45) is 0 Å². The molecule has 2 rings (SSSR count). The van der Waals surface area contributed by atoms with Gasteiger partial charge in [-0.25, -0.2) is 0 Å². The third-order valence-electron chi connectivity index (χ3n) is 2.39. The van der Waals surface area contributed by atoms with Crippen molar-refractivity contribution in [2.45, 2.75) is 13.5 Å². The third-order valence-corrected chi connectivity index (χ3v) is 2.88. The summed E-state index contributed by atoms with van der Waals surface area (Å²) in [6.07, 6.45) is 3.24. The van der Waals surface area contributed by atoms with Gasteiger partial charge in [0.2, 0.25) is 0 Å². The highest BCUT2D eigenvalue weighted by Crippen LogP contribution is 2.29. The Hall–Kier alpha value is -1.39. The minimum absolute atomic E-state index is 0.0846. The summed E-state index contributed by atoms with van der Waals surface area (Å²) in [5.41, 5.74) is 1.70. The number of hydrogen-bond acceptors (Lipinski definition) is 3. The Morgan fingerprint density at radius 2 is 2.12 bits per heavy atom. The van der Waals surface area contributed by atoms with Gasteiger partial charge >= 0.3 is 0 Å². The van der Waals surface area contributed by atoms with E-state index in [-0.39, 0.29) is 6.61 Å². The van der Waals surface area contributed by atoms with E-state index in [4.69, 9.17) is 4.74 Å². The highest BCUT2D eigenvalue weighted by atomic mass is 79.9. The average Bonchev–Trinajstić information content (AvgIpc) is 2.33. The Morgan fingerprint density at radius 1 is 1.29 bits per heavy atom. The van der Waals surface area contributed by atoms with E-state index < -0.39 is 0 Å². The fraction of sp³-hybridized carbons (Fsp3) is 0.154. The largest absolute Gasteiger partial charge is 0.457 e. The zero-order chi connectivity index (χ0) is 12.3. The maximum atomic E-state index is 9.18. The van der Waals surface area contributed by atoms with Gasteiger partial charge in [0.1, 0.15) is 11.5 Å². The molecule has 0 atom stereocenters. The Labute approximate surface area is 108 Å². The molecule has 4 heteroatoms. The second kappa shape index (κ2) is 5.29. The van der Waals surface area contributed by atoms with Crippen LogP contribution in [0.1, 0.15) is 11.1 Å². The lowest BCUT2D eigenvalue weighted by atomic mass is 10.2. The molecular weight excluding hydrogens is 282 g/mol. The standard InChI is InChI=1S/C13H12BrNO2/c1-9-6-11(14)2-3-12(9)17-13-4-5-15-7-10(13)8-16/h2-7,16H,8H2,1H3. The molecule has 2 aromatic rings.